The molecule has 2 unspecified atom stereocenters. The van der Waals surface area contributed by atoms with Gasteiger partial charge in [0.15, 0.2) is 0 Å². The summed E-state index contributed by atoms with van der Waals surface area (Å²) in [4.78, 5) is 48.8. The summed E-state index contributed by atoms with van der Waals surface area (Å²) in [5, 5.41) is 7.56. The van der Waals surface area contributed by atoms with Gasteiger partial charge in [0.05, 0.1) is 22.6 Å². The summed E-state index contributed by atoms with van der Waals surface area (Å²) in [5.74, 6) is -1.86. The number of hydrogen-bond donors (Lipinski definition) is 3. The van der Waals surface area contributed by atoms with Gasteiger partial charge in [-0.3, -0.25) is 19.1 Å². The highest BCUT2D eigenvalue weighted by Crippen LogP contribution is 2.47. The van der Waals surface area contributed by atoms with Gasteiger partial charge in [0.25, 0.3) is 5.91 Å². The molecule has 3 heterocycles. The van der Waals surface area contributed by atoms with Crippen molar-refractivity contribution in [3.05, 3.63) is 65.7 Å². The lowest BCUT2D eigenvalue weighted by Gasteiger charge is -2.30. The molecular formula is C35H42ClN5O6S2. The van der Waals surface area contributed by atoms with Crippen molar-refractivity contribution in [2.45, 2.75) is 104 Å². The summed E-state index contributed by atoms with van der Waals surface area (Å²) in [6, 6.07) is 5.55. The van der Waals surface area contributed by atoms with E-state index in [1.807, 2.05) is 42.5 Å². The van der Waals surface area contributed by atoms with Gasteiger partial charge in [-0.05, 0) is 69.7 Å². The van der Waals surface area contributed by atoms with Crippen LogP contribution in [0.2, 0.25) is 5.02 Å². The molecule has 3 N–H and O–H groups in total. The van der Waals surface area contributed by atoms with Crippen LogP contribution in [0.4, 0.5) is 5.69 Å². The van der Waals surface area contributed by atoms with E-state index in [0.29, 0.717) is 29.5 Å². The highest BCUT2D eigenvalue weighted by atomic mass is 35.5. The van der Waals surface area contributed by atoms with Crippen molar-refractivity contribution in [3.63, 3.8) is 0 Å². The monoisotopic (exact) mass is 727 g/mol. The maximum Gasteiger partial charge on any atom is 0.259 e. The average Bonchev–Trinajstić information content (AvgIpc) is 3.88. The Bertz CT molecular complexity index is 1730. The lowest BCUT2D eigenvalue weighted by molar-refractivity contribution is -0.140. The largest absolute Gasteiger partial charge is 0.468 e. The van der Waals surface area contributed by atoms with Crippen molar-refractivity contribution < 1.29 is 27.5 Å². The molecule has 0 bridgehead atoms. The summed E-state index contributed by atoms with van der Waals surface area (Å²) in [6.45, 7) is 1.77. The Morgan fingerprint density at radius 2 is 1.88 bits per heavy atom. The molecule has 6 aliphatic rings. The molecule has 3 aliphatic carbocycles. The van der Waals surface area contributed by atoms with E-state index in [9.17, 15) is 22.8 Å². The minimum Gasteiger partial charge on any atom is -0.468 e. The molecule has 0 aromatic heterocycles. The highest BCUT2D eigenvalue weighted by molar-refractivity contribution is 8.14. The van der Waals surface area contributed by atoms with Gasteiger partial charge in [0.1, 0.15) is 23.7 Å². The molecule has 3 amide bonds. The van der Waals surface area contributed by atoms with Gasteiger partial charge in [0, 0.05) is 23.0 Å². The maximum atomic E-state index is 14.5. The highest BCUT2D eigenvalue weighted by Gasteiger charge is 2.63. The van der Waals surface area contributed by atoms with Crippen LogP contribution in [0.3, 0.4) is 0 Å². The second-order valence-corrected chi connectivity index (χ2v) is 17.9. The number of allylic oxidation sites excluding steroid dienone is 3. The number of carbonyl (C=O) groups is 3. The fourth-order valence-corrected chi connectivity index (χ4v) is 9.47. The number of hydrogen-bond acceptors (Lipinski definition) is 9. The van der Waals surface area contributed by atoms with E-state index in [0.717, 1.165) is 31.4 Å². The molecule has 1 saturated heterocycles. The Labute approximate surface area is 296 Å². The van der Waals surface area contributed by atoms with Gasteiger partial charge in [-0.25, -0.2) is 13.4 Å². The normalized spacial score (nSPS) is 34.2. The number of ether oxygens (including phenoxy) is 1. The number of aliphatic imine (C=N–C) groups is 1. The first-order valence-electron chi connectivity index (χ1n) is 17.1. The number of carbonyl (C=O) groups excluding carboxylic acids is 3. The van der Waals surface area contributed by atoms with Crippen LogP contribution >= 0.6 is 23.4 Å². The molecule has 262 valence electrons. The number of fused-ring (bicyclic) bond motifs is 3. The van der Waals surface area contributed by atoms with E-state index in [2.05, 4.69) is 21.4 Å². The molecule has 3 fully saturated rings. The van der Waals surface area contributed by atoms with Crippen LogP contribution in [-0.2, 0) is 29.1 Å². The number of rotatable bonds is 6. The third-order valence-corrected chi connectivity index (χ3v) is 14.0. The fourth-order valence-electron chi connectivity index (χ4n) is 6.96. The Morgan fingerprint density at radius 3 is 2.63 bits per heavy atom. The Hall–Kier alpha value is -3.29. The smallest absolute Gasteiger partial charge is 0.259 e. The van der Waals surface area contributed by atoms with E-state index in [-0.39, 0.29) is 42.5 Å². The van der Waals surface area contributed by atoms with E-state index in [4.69, 9.17) is 21.3 Å². The maximum absolute atomic E-state index is 14.5. The quantitative estimate of drug-likeness (QED) is 0.364. The second-order valence-electron chi connectivity index (χ2n) is 14.1. The number of amides is 3. The molecule has 3 aliphatic heterocycles. The number of thioether (sulfide) groups is 1. The van der Waals surface area contributed by atoms with Crippen molar-refractivity contribution in [2.24, 2.45) is 10.9 Å². The predicted molar refractivity (Wildman–Crippen MR) is 191 cm³/mol. The second kappa shape index (κ2) is 13.4. The van der Waals surface area contributed by atoms with Crippen LogP contribution in [0.5, 0.6) is 0 Å². The molecular weight excluding hydrogens is 686 g/mol. The van der Waals surface area contributed by atoms with Gasteiger partial charge in [-0.15, -0.1) is 0 Å². The van der Waals surface area contributed by atoms with E-state index < -0.39 is 50.3 Å². The topological polar surface area (TPSA) is 146 Å². The third-order valence-electron chi connectivity index (χ3n) is 10.5. The molecule has 1 aromatic rings. The van der Waals surface area contributed by atoms with E-state index in [1.54, 1.807) is 24.0 Å². The summed E-state index contributed by atoms with van der Waals surface area (Å²) in [7, 11) is -3.93. The molecule has 0 spiro atoms. The SMILES string of the molecule is CC1(S(=O)(=O)NC(=O)[C@@]23C[C@H]2/C=C\CCCCC[C@H](Nc2ccc(Cl)cc2)C(=O)N2C[C@H](OC4=NC5C=CC=CC5S4)C[C@H]2C(=O)N3)CC1. The first kappa shape index (κ1) is 34.2. The van der Waals surface area contributed by atoms with Crippen LogP contribution in [0.15, 0.2) is 65.7 Å². The molecule has 14 heteroatoms. The van der Waals surface area contributed by atoms with Crippen LogP contribution in [-0.4, -0.2) is 82.6 Å². The number of benzene rings is 1. The zero-order chi connectivity index (χ0) is 34.4. The number of anilines is 1. The van der Waals surface area contributed by atoms with E-state index in [1.165, 1.54) is 11.8 Å². The van der Waals surface area contributed by atoms with Crippen LogP contribution < -0.4 is 15.4 Å². The van der Waals surface area contributed by atoms with Gasteiger partial charge < -0.3 is 20.3 Å². The van der Waals surface area contributed by atoms with E-state index >= 15 is 0 Å². The van der Waals surface area contributed by atoms with Crippen LogP contribution in [0.25, 0.3) is 0 Å². The molecule has 11 nitrogen and oxygen atoms in total. The molecule has 7 atom stereocenters. The lowest BCUT2D eigenvalue weighted by atomic mass is 10.0. The predicted octanol–water partition coefficient (Wildman–Crippen LogP) is 4.47. The fraction of sp³-hybridized carbons (Fsp3) is 0.543. The molecule has 2 saturated carbocycles. The third kappa shape index (κ3) is 7.16. The minimum absolute atomic E-state index is 0.0258. The van der Waals surface area contributed by atoms with Crippen molar-refractivity contribution in [1.29, 1.82) is 0 Å². The van der Waals surface area contributed by atoms with Gasteiger partial charge in [0.2, 0.25) is 27.1 Å². The standard InChI is InChI=1S/C35H42ClN5O6S2/c1-34(17-18-34)49(45,46)40-32(44)35-20-22(35)9-5-3-2-4-6-11-27(37-24-15-13-23(36)14-16-24)31(43)41-21-25(19-28(41)30(42)39-35)47-33-38-26-10-7-8-12-29(26)48-33/h5,7-10,12-16,22,25-29,37H,2-4,6,11,17-21H2,1H3,(H,39,42)(H,40,44)/b9-5-/t22-,25-,26?,27+,28+,29?,35-/m1/s1. The van der Waals surface area contributed by atoms with Gasteiger partial charge >= 0.3 is 0 Å². The first-order chi connectivity index (χ1) is 23.5. The Balaban J connectivity index is 1.16. The van der Waals surface area contributed by atoms with Crippen molar-refractivity contribution >= 4 is 62.0 Å². The van der Waals surface area contributed by atoms with Crippen LogP contribution in [0, 0.1) is 5.92 Å². The zero-order valence-corrected chi connectivity index (χ0v) is 29.7. The number of sulfonamides is 1. The summed E-state index contributed by atoms with van der Waals surface area (Å²) in [6.07, 6.45) is 16.7. The Kier molecular flexibility index (Phi) is 9.38. The minimum atomic E-state index is -3.93. The average molecular weight is 728 g/mol. The molecule has 0 radical (unpaired) electrons. The van der Waals surface area contributed by atoms with Gasteiger partial charge in [-0.1, -0.05) is 72.7 Å². The summed E-state index contributed by atoms with van der Waals surface area (Å²) >= 11 is 7.64. The van der Waals surface area contributed by atoms with Crippen molar-refractivity contribution in [3.8, 4) is 0 Å². The van der Waals surface area contributed by atoms with Gasteiger partial charge in [-0.2, -0.15) is 0 Å². The van der Waals surface area contributed by atoms with Crippen LogP contribution in [0.1, 0.15) is 64.7 Å². The lowest BCUT2D eigenvalue weighted by Crippen LogP contribution is -2.58. The zero-order valence-electron chi connectivity index (χ0n) is 27.3. The molecule has 1 aromatic carbocycles. The number of nitrogens with zero attached hydrogens (tertiary/aromatic N) is 2. The summed E-state index contributed by atoms with van der Waals surface area (Å²) < 4.78 is 33.8. The summed E-state index contributed by atoms with van der Waals surface area (Å²) in [5.41, 5.74) is -0.695. The Morgan fingerprint density at radius 1 is 1.10 bits per heavy atom. The first-order valence-corrected chi connectivity index (χ1v) is 19.8. The number of nitrogens with one attached hydrogen (secondary N) is 3. The van der Waals surface area contributed by atoms with Crippen molar-refractivity contribution in [2.75, 3.05) is 11.9 Å². The number of halogens is 1. The molecule has 7 rings (SSSR count). The van der Waals surface area contributed by atoms with Crippen molar-refractivity contribution in [1.82, 2.24) is 14.9 Å². The molecule has 49 heavy (non-hydrogen) atoms.